The highest BCUT2D eigenvalue weighted by atomic mass is 16.4. The van der Waals surface area contributed by atoms with Gasteiger partial charge in [0.25, 0.3) is 0 Å². The largest absolute Gasteiger partial charge is 0.476 e. The third kappa shape index (κ3) is 2.24. The molecule has 90 valence electrons. The fourth-order valence-electron chi connectivity index (χ4n) is 1.58. The summed E-state index contributed by atoms with van der Waals surface area (Å²) in [7, 11) is 0. The van der Waals surface area contributed by atoms with Gasteiger partial charge >= 0.3 is 5.97 Å². The number of hydrogen-bond donors (Lipinski definition) is 1. The number of carboxylic acid groups (broad SMARTS) is 1. The zero-order valence-electron chi connectivity index (χ0n) is 9.62. The number of hydrogen-bond acceptors (Lipinski definition) is 4. The van der Waals surface area contributed by atoms with Gasteiger partial charge in [-0.05, 0) is 13.0 Å². The molecule has 1 aromatic heterocycles. The lowest BCUT2D eigenvalue weighted by Gasteiger charge is -2.03. The standard InChI is InChI=1S/C13H10N2O3/c1-8-3-2-4-9(7-8)12(16)10-11(13(17)18)15-6-5-14-10/h2-7H,1H3,(H,17,18). The Labute approximate surface area is 103 Å². The van der Waals surface area contributed by atoms with Crippen molar-refractivity contribution in [3.05, 3.63) is 59.2 Å². The van der Waals surface area contributed by atoms with Crippen LogP contribution in [0.25, 0.3) is 0 Å². The number of carboxylic acids is 1. The lowest BCUT2D eigenvalue weighted by atomic mass is 10.0. The lowest BCUT2D eigenvalue weighted by Crippen LogP contribution is -2.13. The minimum absolute atomic E-state index is 0.143. The summed E-state index contributed by atoms with van der Waals surface area (Å²) in [5.74, 6) is -1.71. The monoisotopic (exact) mass is 242 g/mol. The van der Waals surface area contributed by atoms with Gasteiger partial charge in [-0.2, -0.15) is 0 Å². The van der Waals surface area contributed by atoms with E-state index in [4.69, 9.17) is 5.11 Å². The molecule has 1 N–H and O–H groups in total. The maximum absolute atomic E-state index is 12.2. The van der Waals surface area contributed by atoms with Gasteiger partial charge in [-0.25, -0.2) is 14.8 Å². The predicted molar refractivity (Wildman–Crippen MR) is 63.6 cm³/mol. The molecule has 0 atom stereocenters. The predicted octanol–water partition coefficient (Wildman–Crippen LogP) is 1.71. The van der Waals surface area contributed by atoms with Crippen LogP contribution in [0, 0.1) is 6.92 Å². The fourth-order valence-corrected chi connectivity index (χ4v) is 1.58. The number of carbonyl (C=O) groups is 2. The van der Waals surface area contributed by atoms with Crippen LogP contribution in [0.5, 0.6) is 0 Å². The first-order valence-corrected chi connectivity index (χ1v) is 5.25. The second kappa shape index (κ2) is 4.75. The van der Waals surface area contributed by atoms with Crippen molar-refractivity contribution in [1.29, 1.82) is 0 Å². The third-order valence-corrected chi connectivity index (χ3v) is 2.40. The third-order valence-electron chi connectivity index (χ3n) is 2.40. The number of nitrogens with zero attached hydrogens (tertiary/aromatic N) is 2. The van der Waals surface area contributed by atoms with Crippen LogP contribution in [0.3, 0.4) is 0 Å². The normalized spacial score (nSPS) is 10.1. The summed E-state index contributed by atoms with van der Waals surface area (Å²) in [5.41, 5.74) is 0.847. The SMILES string of the molecule is Cc1cccc(C(=O)c2nccnc2C(=O)O)c1. The first kappa shape index (κ1) is 11.9. The number of rotatable bonds is 3. The summed E-state index contributed by atoms with van der Waals surface area (Å²) in [4.78, 5) is 30.6. The minimum atomic E-state index is -1.26. The number of aromatic carboxylic acids is 1. The lowest BCUT2D eigenvalue weighted by molar-refractivity contribution is 0.0685. The van der Waals surface area contributed by atoms with Gasteiger partial charge in [0.1, 0.15) is 5.69 Å². The van der Waals surface area contributed by atoms with E-state index in [9.17, 15) is 9.59 Å². The van der Waals surface area contributed by atoms with Crippen molar-refractivity contribution >= 4 is 11.8 Å². The van der Waals surface area contributed by atoms with Crippen LogP contribution in [-0.2, 0) is 0 Å². The molecule has 0 aliphatic heterocycles. The number of benzene rings is 1. The highest BCUT2D eigenvalue weighted by molar-refractivity contribution is 6.12. The van der Waals surface area contributed by atoms with Gasteiger partial charge in [0.2, 0.25) is 5.78 Å². The molecule has 0 saturated carbocycles. The van der Waals surface area contributed by atoms with Crippen LogP contribution in [0.2, 0.25) is 0 Å². The second-order valence-corrected chi connectivity index (χ2v) is 3.76. The maximum atomic E-state index is 12.2. The summed E-state index contributed by atoms with van der Waals surface area (Å²) in [6.45, 7) is 1.85. The second-order valence-electron chi connectivity index (χ2n) is 3.76. The first-order valence-electron chi connectivity index (χ1n) is 5.25. The van der Waals surface area contributed by atoms with Gasteiger partial charge in [-0.15, -0.1) is 0 Å². The topological polar surface area (TPSA) is 80.2 Å². The summed E-state index contributed by atoms with van der Waals surface area (Å²) < 4.78 is 0. The van der Waals surface area contributed by atoms with Crippen molar-refractivity contribution in [2.24, 2.45) is 0 Å². The Morgan fingerprint density at radius 3 is 2.39 bits per heavy atom. The van der Waals surface area contributed by atoms with Crippen molar-refractivity contribution in [3.63, 3.8) is 0 Å². The molecule has 0 spiro atoms. The molecule has 1 heterocycles. The van der Waals surface area contributed by atoms with Crippen molar-refractivity contribution in [2.45, 2.75) is 6.92 Å². The fraction of sp³-hybridized carbons (Fsp3) is 0.0769. The van der Waals surface area contributed by atoms with E-state index >= 15 is 0 Å². The summed E-state index contributed by atoms with van der Waals surface area (Å²) in [6, 6.07) is 6.89. The molecule has 2 aromatic rings. The molecule has 0 aliphatic rings. The maximum Gasteiger partial charge on any atom is 0.356 e. The first-order chi connectivity index (χ1) is 8.59. The van der Waals surface area contributed by atoms with Crippen molar-refractivity contribution in [3.8, 4) is 0 Å². The Bertz CT molecular complexity index is 623. The molecule has 2 rings (SSSR count). The Morgan fingerprint density at radius 2 is 1.78 bits per heavy atom. The smallest absolute Gasteiger partial charge is 0.356 e. The van der Waals surface area contributed by atoms with Crippen LogP contribution in [0.1, 0.15) is 32.1 Å². The van der Waals surface area contributed by atoms with Gasteiger partial charge in [0.05, 0.1) is 0 Å². The molecule has 1 aromatic carbocycles. The van der Waals surface area contributed by atoms with Crippen LogP contribution in [-0.4, -0.2) is 26.8 Å². The van der Waals surface area contributed by atoms with Gasteiger partial charge in [-0.1, -0.05) is 23.8 Å². The molecule has 18 heavy (non-hydrogen) atoms. The average Bonchev–Trinajstić information content (AvgIpc) is 2.38. The molecular weight excluding hydrogens is 232 g/mol. The number of carbonyl (C=O) groups excluding carboxylic acids is 1. The van der Waals surface area contributed by atoms with Crippen molar-refractivity contribution in [1.82, 2.24) is 9.97 Å². The molecule has 5 nitrogen and oxygen atoms in total. The molecule has 0 amide bonds. The van der Waals surface area contributed by atoms with Gasteiger partial charge in [0, 0.05) is 18.0 Å². The highest BCUT2D eigenvalue weighted by Crippen LogP contribution is 2.12. The summed E-state index contributed by atoms with van der Waals surface area (Å²) >= 11 is 0. The van der Waals surface area contributed by atoms with Gasteiger partial charge < -0.3 is 5.11 Å². The highest BCUT2D eigenvalue weighted by Gasteiger charge is 2.20. The van der Waals surface area contributed by atoms with E-state index in [1.165, 1.54) is 12.4 Å². The Hall–Kier alpha value is -2.56. The van der Waals surface area contributed by atoms with Crippen molar-refractivity contribution in [2.75, 3.05) is 0 Å². The number of ketones is 1. The van der Waals surface area contributed by atoms with E-state index in [1.807, 2.05) is 13.0 Å². The van der Waals surface area contributed by atoms with E-state index in [0.717, 1.165) is 5.56 Å². The zero-order chi connectivity index (χ0) is 13.1. The zero-order valence-corrected chi connectivity index (χ0v) is 9.62. The summed E-state index contributed by atoms with van der Waals surface area (Å²) in [6.07, 6.45) is 2.55. The molecule has 0 fully saturated rings. The molecule has 0 bridgehead atoms. The average molecular weight is 242 g/mol. The quantitative estimate of drug-likeness (QED) is 0.829. The van der Waals surface area contributed by atoms with Crippen LogP contribution >= 0.6 is 0 Å². The van der Waals surface area contributed by atoms with Crippen LogP contribution in [0.4, 0.5) is 0 Å². The van der Waals surface area contributed by atoms with Crippen LogP contribution in [0.15, 0.2) is 36.7 Å². The van der Waals surface area contributed by atoms with Gasteiger partial charge in [0.15, 0.2) is 5.69 Å². The summed E-state index contributed by atoms with van der Waals surface area (Å²) in [5, 5.41) is 8.96. The van der Waals surface area contributed by atoms with Gasteiger partial charge in [-0.3, -0.25) is 4.79 Å². The van der Waals surface area contributed by atoms with E-state index < -0.39 is 11.8 Å². The Balaban J connectivity index is 2.50. The molecule has 5 heteroatoms. The van der Waals surface area contributed by atoms with Crippen molar-refractivity contribution < 1.29 is 14.7 Å². The molecule has 0 radical (unpaired) electrons. The molecular formula is C13H10N2O3. The Kier molecular flexibility index (Phi) is 3.14. The minimum Gasteiger partial charge on any atom is -0.476 e. The van der Waals surface area contributed by atoms with E-state index in [0.29, 0.717) is 5.56 Å². The number of aromatic nitrogens is 2. The molecule has 0 aliphatic carbocycles. The van der Waals surface area contributed by atoms with E-state index in [-0.39, 0.29) is 11.4 Å². The van der Waals surface area contributed by atoms with E-state index in [1.54, 1.807) is 18.2 Å². The molecule has 0 saturated heterocycles. The van der Waals surface area contributed by atoms with Crippen LogP contribution < -0.4 is 0 Å². The Morgan fingerprint density at radius 1 is 1.11 bits per heavy atom. The van der Waals surface area contributed by atoms with E-state index in [2.05, 4.69) is 9.97 Å². The number of aryl methyl sites for hydroxylation is 1. The molecule has 0 unspecified atom stereocenters.